The molecule has 0 saturated heterocycles. The van der Waals surface area contributed by atoms with Gasteiger partial charge in [0.1, 0.15) is 12.4 Å². The fourth-order valence-corrected chi connectivity index (χ4v) is 1.78. The monoisotopic (exact) mass is 292 g/mol. The van der Waals surface area contributed by atoms with Crippen molar-refractivity contribution in [1.29, 1.82) is 0 Å². The van der Waals surface area contributed by atoms with Gasteiger partial charge in [0.05, 0.1) is 10.2 Å². The van der Waals surface area contributed by atoms with Crippen LogP contribution in [0.3, 0.4) is 0 Å². The molecule has 0 saturated carbocycles. The Labute approximate surface area is 92.4 Å². The van der Waals surface area contributed by atoms with Gasteiger partial charge in [0.25, 0.3) is 0 Å². The van der Waals surface area contributed by atoms with Gasteiger partial charge in [-0.15, -0.1) is 0 Å². The van der Waals surface area contributed by atoms with Crippen LogP contribution in [0.2, 0.25) is 0 Å². The number of rotatable bonds is 4. The SMILES string of the molecule is COCCOc1ccc(C)cc1I. The van der Waals surface area contributed by atoms with Crippen LogP contribution in [0.1, 0.15) is 5.56 Å². The molecule has 1 aromatic carbocycles. The van der Waals surface area contributed by atoms with Crippen LogP contribution in [0.4, 0.5) is 0 Å². The van der Waals surface area contributed by atoms with E-state index in [2.05, 4.69) is 35.6 Å². The summed E-state index contributed by atoms with van der Waals surface area (Å²) in [5.41, 5.74) is 1.25. The van der Waals surface area contributed by atoms with E-state index in [1.165, 1.54) is 5.56 Å². The molecule has 0 N–H and O–H groups in total. The van der Waals surface area contributed by atoms with Crippen LogP contribution >= 0.6 is 22.6 Å². The number of ether oxygens (including phenoxy) is 2. The minimum atomic E-state index is 0.607. The highest BCUT2D eigenvalue weighted by molar-refractivity contribution is 14.1. The van der Waals surface area contributed by atoms with E-state index in [4.69, 9.17) is 9.47 Å². The summed E-state index contributed by atoms with van der Waals surface area (Å²) in [6.07, 6.45) is 0. The Kier molecular flexibility index (Phi) is 4.52. The Morgan fingerprint density at radius 3 is 2.69 bits per heavy atom. The van der Waals surface area contributed by atoms with Crippen molar-refractivity contribution < 1.29 is 9.47 Å². The van der Waals surface area contributed by atoms with Crippen molar-refractivity contribution in [3.63, 3.8) is 0 Å². The van der Waals surface area contributed by atoms with Gasteiger partial charge in [0, 0.05) is 7.11 Å². The molecule has 0 aromatic heterocycles. The highest BCUT2D eigenvalue weighted by Crippen LogP contribution is 2.21. The fourth-order valence-electron chi connectivity index (χ4n) is 0.958. The molecule has 0 atom stereocenters. The third-order valence-corrected chi connectivity index (χ3v) is 2.48. The number of benzene rings is 1. The normalized spacial score (nSPS) is 10.1. The van der Waals surface area contributed by atoms with Crippen molar-refractivity contribution >= 4 is 22.6 Å². The number of halogens is 1. The van der Waals surface area contributed by atoms with Gasteiger partial charge in [-0.2, -0.15) is 0 Å². The maximum atomic E-state index is 5.50. The van der Waals surface area contributed by atoms with Crippen LogP contribution in [0.25, 0.3) is 0 Å². The second-order valence-corrected chi connectivity index (χ2v) is 3.94. The first-order chi connectivity index (χ1) is 6.24. The molecule has 72 valence electrons. The zero-order chi connectivity index (χ0) is 9.68. The van der Waals surface area contributed by atoms with Crippen molar-refractivity contribution in [3.05, 3.63) is 27.3 Å². The Hall–Kier alpha value is -0.290. The molecule has 0 heterocycles. The molecule has 0 aliphatic rings. The summed E-state index contributed by atoms with van der Waals surface area (Å²) in [4.78, 5) is 0. The van der Waals surface area contributed by atoms with Gasteiger partial charge < -0.3 is 9.47 Å². The molecule has 13 heavy (non-hydrogen) atoms. The number of aryl methyl sites for hydroxylation is 1. The summed E-state index contributed by atoms with van der Waals surface area (Å²) in [7, 11) is 1.67. The van der Waals surface area contributed by atoms with Crippen molar-refractivity contribution in [2.75, 3.05) is 20.3 Å². The minimum absolute atomic E-state index is 0.607. The van der Waals surface area contributed by atoms with E-state index in [9.17, 15) is 0 Å². The van der Waals surface area contributed by atoms with Crippen LogP contribution in [0, 0.1) is 10.5 Å². The van der Waals surface area contributed by atoms with Crippen molar-refractivity contribution in [3.8, 4) is 5.75 Å². The lowest BCUT2D eigenvalue weighted by molar-refractivity contribution is 0.146. The van der Waals surface area contributed by atoms with Gasteiger partial charge in [-0.3, -0.25) is 0 Å². The van der Waals surface area contributed by atoms with E-state index in [0.29, 0.717) is 13.2 Å². The number of methoxy groups -OCH3 is 1. The topological polar surface area (TPSA) is 18.5 Å². The van der Waals surface area contributed by atoms with E-state index in [1.54, 1.807) is 7.11 Å². The molecular formula is C10H13IO2. The van der Waals surface area contributed by atoms with Crippen molar-refractivity contribution in [2.45, 2.75) is 6.92 Å². The first kappa shape index (κ1) is 10.8. The quantitative estimate of drug-likeness (QED) is 0.627. The molecule has 0 bridgehead atoms. The molecule has 0 aliphatic heterocycles. The fraction of sp³-hybridized carbons (Fsp3) is 0.400. The zero-order valence-corrected chi connectivity index (χ0v) is 10.00. The van der Waals surface area contributed by atoms with Crippen molar-refractivity contribution in [1.82, 2.24) is 0 Å². The highest BCUT2D eigenvalue weighted by Gasteiger charge is 1.99. The molecule has 0 amide bonds. The summed E-state index contributed by atoms with van der Waals surface area (Å²) in [5.74, 6) is 0.934. The first-order valence-corrected chi connectivity index (χ1v) is 5.20. The van der Waals surface area contributed by atoms with Crippen LogP contribution in [0.5, 0.6) is 5.75 Å². The first-order valence-electron chi connectivity index (χ1n) is 4.12. The third-order valence-electron chi connectivity index (χ3n) is 1.63. The van der Waals surface area contributed by atoms with Gasteiger partial charge in [-0.05, 0) is 47.2 Å². The standard InChI is InChI=1S/C10H13IO2/c1-8-3-4-10(9(11)7-8)13-6-5-12-2/h3-4,7H,5-6H2,1-2H3. The second-order valence-electron chi connectivity index (χ2n) is 2.78. The van der Waals surface area contributed by atoms with Crippen LogP contribution in [-0.2, 0) is 4.74 Å². The molecule has 0 aliphatic carbocycles. The Morgan fingerprint density at radius 1 is 1.31 bits per heavy atom. The largest absolute Gasteiger partial charge is 0.490 e. The average molecular weight is 292 g/mol. The van der Waals surface area contributed by atoms with E-state index in [0.717, 1.165) is 9.32 Å². The van der Waals surface area contributed by atoms with Gasteiger partial charge >= 0.3 is 0 Å². The van der Waals surface area contributed by atoms with Gasteiger partial charge in [-0.1, -0.05) is 6.07 Å². The predicted molar refractivity (Wildman–Crippen MR) is 61.3 cm³/mol. The smallest absolute Gasteiger partial charge is 0.132 e. The average Bonchev–Trinajstić information content (AvgIpc) is 2.09. The van der Waals surface area contributed by atoms with Crippen LogP contribution in [-0.4, -0.2) is 20.3 Å². The zero-order valence-electron chi connectivity index (χ0n) is 7.84. The summed E-state index contributed by atoms with van der Waals surface area (Å²) in [6, 6.07) is 6.14. The van der Waals surface area contributed by atoms with E-state index in [1.807, 2.05) is 12.1 Å². The predicted octanol–water partition coefficient (Wildman–Crippen LogP) is 2.62. The summed E-state index contributed by atoms with van der Waals surface area (Å²) in [6.45, 7) is 3.31. The van der Waals surface area contributed by atoms with Crippen LogP contribution in [0.15, 0.2) is 18.2 Å². The Bertz CT molecular complexity index is 274. The van der Waals surface area contributed by atoms with Crippen molar-refractivity contribution in [2.24, 2.45) is 0 Å². The van der Waals surface area contributed by atoms with E-state index >= 15 is 0 Å². The molecule has 0 radical (unpaired) electrons. The lowest BCUT2D eigenvalue weighted by Gasteiger charge is -2.07. The maximum absolute atomic E-state index is 5.50. The minimum Gasteiger partial charge on any atom is -0.490 e. The number of hydrogen-bond donors (Lipinski definition) is 0. The van der Waals surface area contributed by atoms with Crippen LogP contribution < -0.4 is 4.74 Å². The molecule has 1 aromatic rings. The maximum Gasteiger partial charge on any atom is 0.132 e. The molecule has 0 spiro atoms. The lowest BCUT2D eigenvalue weighted by Crippen LogP contribution is -2.05. The number of hydrogen-bond acceptors (Lipinski definition) is 2. The molecule has 2 nitrogen and oxygen atoms in total. The van der Waals surface area contributed by atoms with Gasteiger partial charge in [0.2, 0.25) is 0 Å². The highest BCUT2D eigenvalue weighted by atomic mass is 127. The lowest BCUT2D eigenvalue weighted by atomic mass is 10.2. The van der Waals surface area contributed by atoms with E-state index in [-0.39, 0.29) is 0 Å². The third kappa shape index (κ3) is 3.52. The summed E-state index contributed by atoms with van der Waals surface area (Å²) >= 11 is 2.27. The Morgan fingerprint density at radius 2 is 2.08 bits per heavy atom. The molecule has 1 rings (SSSR count). The Balaban J connectivity index is 2.56. The second kappa shape index (κ2) is 5.44. The molecule has 3 heteroatoms. The molecule has 0 unspecified atom stereocenters. The molecular weight excluding hydrogens is 279 g/mol. The van der Waals surface area contributed by atoms with E-state index < -0.39 is 0 Å². The van der Waals surface area contributed by atoms with Gasteiger partial charge in [-0.25, -0.2) is 0 Å². The molecule has 0 fully saturated rings. The summed E-state index contributed by atoms with van der Waals surface area (Å²) < 4.78 is 11.5. The summed E-state index contributed by atoms with van der Waals surface area (Å²) in [5, 5.41) is 0. The van der Waals surface area contributed by atoms with Gasteiger partial charge in [0.15, 0.2) is 0 Å².